The highest BCUT2D eigenvalue weighted by atomic mass is 35.5. The first-order valence-electron chi connectivity index (χ1n) is 47.4. The minimum absolute atomic E-state index is 0.0222. The Morgan fingerprint density at radius 1 is 0.400 bits per heavy atom. The molecule has 1 saturated carbocycles. The third-order valence-corrected chi connectivity index (χ3v) is 27.4. The van der Waals surface area contributed by atoms with Gasteiger partial charge in [-0.2, -0.15) is 0 Å². The minimum Gasteiger partial charge on any atom is -0.370 e. The van der Waals surface area contributed by atoms with E-state index in [1.807, 2.05) is 132 Å². The second-order valence-corrected chi connectivity index (χ2v) is 36.8. The predicted molar refractivity (Wildman–Crippen MR) is 522 cm³/mol. The van der Waals surface area contributed by atoms with E-state index >= 15 is 0 Å². The van der Waals surface area contributed by atoms with E-state index in [4.69, 9.17) is 34.7 Å². The van der Waals surface area contributed by atoms with E-state index in [0.717, 1.165) is 106 Å². The highest BCUT2D eigenvalue weighted by Crippen LogP contribution is 2.33. The normalized spacial score (nSPS) is 19.7. The lowest BCUT2D eigenvalue weighted by Crippen LogP contribution is -2.50. The van der Waals surface area contributed by atoms with Gasteiger partial charge in [-0.15, -0.1) is 0 Å². The maximum absolute atomic E-state index is 14.2. The fourth-order valence-electron chi connectivity index (χ4n) is 18.7. The molecule has 9 aromatic rings. The molecule has 22 nitrogen and oxygen atoms in total. The summed E-state index contributed by atoms with van der Waals surface area (Å²) in [6.45, 7) is 15.9. The van der Waals surface area contributed by atoms with Crippen molar-refractivity contribution in [1.29, 1.82) is 0 Å². The molecule has 5 heterocycles. The summed E-state index contributed by atoms with van der Waals surface area (Å²) in [6.07, 6.45) is 17.4. The number of aryl methyl sites for hydroxylation is 2. The van der Waals surface area contributed by atoms with E-state index in [1.165, 1.54) is 79.4 Å². The van der Waals surface area contributed by atoms with Crippen LogP contribution in [0, 0.1) is 19.8 Å². The Balaban J connectivity index is 0.000000166. The van der Waals surface area contributed by atoms with Crippen LogP contribution in [0.2, 0.25) is 10.0 Å². The molecule has 688 valence electrons. The summed E-state index contributed by atoms with van der Waals surface area (Å²) in [5.74, 6) is 0.160. The van der Waals surface area contributed by atoms with Crippen LogP contribution < -0.4 is 48.7 Å². The Labute approximate surface area is 778 Å². The van der Waals surface area contributed by atoms with Crippen molar-refractivity contribution in [3.05, 3.63) is 296 Å². The van der Waals surface area contributed by atoms with Crippen LogP contribution >= 0.6 is 23.2 Å². The van der Waals surface area contributed by atoms with Gasteiger partial charge in [0.05, 0.1) is 34.2 Å². The SMILES string of the molecule is Cc1ccc(C(=O)NC[C@@H]2CCN(CC(c3ccccc3)c3ccccc3)C(=O)[C@H](CCCN3CCCCC3)N2)cc1C.NC(N)=NCCC[C@@H]1N[C@H](CNC(=O)c2ccc3ccccc3c2)CCN(C[C@@H](NC(=O)C2CCC2)c2ccccc2)C1=O.O=C(NC[C@@H]1CCN(CC(c2ccccc2)c2ccccc2)C(=O)[C@H](CCCN2CCCCC2)N1)c1ccc(Cl)c(Cl)c1. The molecule has 6 fully saturated rings. The van der Waals surface area contributed by atoms with Gasteiger partial charge in [0.25, 0.3) is 17.7 Å². The molecule has 9 aromatic carbocycles. The number of hydrogen-bond acceptors (Lipinski definition) is 13. The number of carbonyl (C=O) groups is 7. The lowest BCUT2D eigenvalue weighted by atomic mass is 9.84. The topological polar surface area (TPSA) is 284 Å². The van der Waals surface area contributed by atoms with Gasteiger partial charge < -0.3 is 73.2 Å². The summed E-state index contributed by atoms with van der Waals surface area (Å²) in [5, 5.41) is 26.2. The van der Waals surface area contributed by atoms with E-state index in [2.05, 4.69) is 161 Å². The largest absolute Gasteiger partial charge is 0.370 e. The van der Waals surface area contributed by atoms with Crippen LogP contribution in [0.5, 0.6) is 0 Å². The van der Waals surface area contributed by atoms with Crippen LogP contribution in [-0.4, -0.2) is 213 Å². The van der Waals surface area contributed by atoms with Crippen LogP contribution in [-0.2, 0) is 19.2 Å². The van der Waals surface area contributed by atoms with E-state index in [-0.39, 0.29) is 101 Å². The number of fused-ring (bicyclic) bond motifs is 1. The molecule has 7 atom stereocenters. The van der Waals surface area contributed by atoms with Gasteiger partial charge in [-0.3, -0.25) is 38.6 Å². The molecule has 0 spiro atoms. The van der Waals surface area contributed by atoms with Crippen molar-refractivity contribution < 1.29 is 33.6 Å². The van der Waals surface area contributed by atoms with Crippen molar-refractivity contribution in [3.63, 3.8) is 0 Å². The Morgan fingerprint density at radius 3 is 1.20 bits per heavy atom. The zero-order valence-electron chi connectivity index (χ0n) is 75.7. The van der Waals surface area contributed by atoms with Gasteiger partial charge >= 0.3 is 0 Å². The summed E-state index contributed by atoms with van der Waals surface area (Å²) in [4.78, 5) is 109. The van der Waals surface area contributed by atoms with E-state index in [1.54, 1.807) is 18.2 Å². The predicted octanol–water partition coefficient (Wildman–Crippen LogP) is 14.9. The van der Waals surface area contributed by atoms with Crippen molar-refractivity contribution >= 4 is 81.3 Å². The van der Waals surface area contributed by atoms with Gasteiger partial charge in [0.1, 0.15) is 0 Å². The number of piperidine rings is 2. The number of hydrogen-bond donors (Lipinski definition) is 9. The Hall–Kier alpha value is -10.8. The third-order valence-electron chi connectivity index (χ3n) is 26.7. The van der Waals surface area contributed by atoms with Gasteiger partial charge in [-0.25, -0.2) is 0 Å². The van der Waals surface area contributed by atoms with Crippen LogP contribution in [0.4, 0.5) is 0 Å². The first kappa shape index (κ1) is 96.7. The highest BCUT2D eigenvalue weighted by Gasteiger charge is 2.38. The van der Waals surface area contributed by atoms with Crippen molar-refractivity contribution in [2.45, 2.75) is 184 Å². The molecule has 5 aliphatic heterocycles. The summed E-state index contributed by atoms with van der Waals surface area (Å²) in [7, 11) is 0. The first-order chi connectivity index (χ1) is 63.3. The van der Waals surface area contributed by atoms with Gasteiger partial charge in [-0.1, -0.05) is 231 Å². The number of likely N-dealkylation sites (tertiary alicyclic amines) is 2. The van der Waals surface area contributed by atoms with Gasteiger partial charge in [0, 0.05) is 118 Å². The zero-order chi connectivity index (χ0) is 90.9. The van der Waals surface area contributed by atoms with E-state index < -0.39 is 6.04 Å². The second kappa shape index (κ2) is 50.0. The molecule has 11 N–H and O–H groups in total. The molecule has 7 amide bonds. The van der Waals surface area contributed by atoms with Crippen LogP contribution in [0.15, 0.2) is 236 Å². The van der Waals surface area contributed by atoms with Gasteiger partial charge in [0.2, 0.25) is 23.6 Å². The number of amides is 7. The maximum Gasteiger partial charge on any atom is 0.251 e. The van der Waals surface area contributed by atoms with Gasteiger partial charge in [0.15, 0.2) is 5.96 Å². The van der Waals surface area contributed by atoms with E-state index in [0.29, 0.717) is 111 Å². The molecule has 130 heavy (non-hydrogen) atoms. The number of nitrogens with two attached hydrogens (primary N) is 2. The quantitative estimate of drug-likeness (QED) is 0.0103. The summed E-state index contributed by atoms with van der Waals surface area (Å²) in [6, 6.07) is 74.6. The van der Waals surface area contributed by atoms with Crippen LogP contribution in [0.3, 0.4) is 0 Å². The van der Waals surface area contributed by atoms with Crippen molar-refractivity contribution in [2.24, 2.45) is 22.4 Å². The number of aliphatic imine (C=N–C) groups is 1. The smallest absolute Gasteiger partial charge is 0.251 e. The summed E-state index contributed by atoms with van der Waals surface area (Å²) >= 11 is 12.2. The van der Waals surface area contributed by atoms with Crippen molar-refractivity contribution in [2.75, 3.05) is 105 Å². The number of carbonyl (C=O) groups excluding carboxylic acids is 7. The van der Waals surface area contributed by atoms with E-state index in [9.17, 15) is 33.6 Å². The molecule has 6 aliphatic rings. The Kier molecular flexibility index (Phi) is 37.2. The number of rotatable bonds is 34. The fourth-order valence-corrected chi connectivity index (χ4v) is 19.0. The average Bonchev–Trinajstić information content (AvgIpc) is 1.58. The molecular weight excluding hydrogens is 1670 g/mol. The third kappa shape index (κ3) is 28.8. The molecule has 0 aromatic heterocycles. The maximum atomic E-state index is 14.2. The molecule has 0 bridgehead atoms. The number of nitrogens with zero attached hydrogens (tertiary/aromatic N) is 6. The zero-order valence-corrected chi connectivity index (χ0v) is 77.2. The standard InChI is InChI=1S/C37H48N4O2.C35H42Cl2N4O2.C34H43N7O3/c1-28-18-19-32(25-29(28)2)36(42)38-26-33-20-24-41(37(43)35(39-33)17-12-23-40-21-10-5-11-22-40)27-34(30-13-6-3-7-14-30)31-15-8-4-9-16-31;36-31-17-16-28(23-32(31)37)34(42)38-24-29-18-22-41(35(43)33(39-29)15-10-21-40-19-8-3-9-20-40)25-30(26-11-4-1-5-12-26)27-13-6-2-7-14-27;35-34(36)37-18-7-14-29-33(44)41(22-30(24-9-2-1-3-10-24)40-32(43)25-12-6-13-25)19-17-28(39-29)21-38-31(42)27-16-15-23-8-4-5-11-26(23)20-27/h3-4,6-9,13-16,18-19,25,33-35,39H,5,10-12,17,20-24,26-27H2,1-2H3,(H,38,42);1-2,4-7,11-14,16-17,23,29-30,33,39H,3,8-10,15,18-22,24-25H2,(H,38,42);1-5,8-11,15-16,20,25,28-30,39H,6-7,12-14,17-19,21-22H2,(H,38,42)(H,40,43)(H4,35,36,37)/t33-,35-;29-,33-;28-,29-,30+/m000/s1. The summed E-state index contributed by atoms with van der Waals surface area (Å²) in [5.41, 5.74) is 20.8. The molecule has 15 rings (SSSR count). The Morgan fingerprint density at radius 2 is 0.785 bits per heavy atom. The lowest BCUT2D eigenvalue weighted by Gasteiger charge is -2.32. The van der Waals surface area contributed by atoms with Gasteiger partial charge in [-0.05, 0) is 242 Å². The van der Waals surface area contributed by atoms with Crippen LogP contribution in [0.25, 0.3) is 10.8 Å². The molecular formula is C106H133Cl2N15O7. The molecule has 24 heteroatoms. The number of halogens is 2. The minimum atomic E-state index is -0.479. The molecule has 0 unspecified atom stereocenters. The lowest BCUT2D eigenvalue weighted by molar-refractivity contribution is -0.134. The molecule has 5 saturated heterocycles. The molecule has 0 radical (unpaired) electrons. The Bertz CT molecular complexity index is 4850. The number of benzene rings is 9. The van der Waals surface area contributed by atoms with Crippen molar-refractivity contribution in [3.8, 4) is 0 Å². The molecule has 1 aliphatic carbocycles. The van der Waals surface area contributed by atoms with Crippen LogP contribution in [0.1, 0.15) is 203 Å². The fraction of sp³-hybridized carbons (Fsp3) is 0.434. The highest BCUT2D eigenvalue weighted by molar-refractivity contribution is 6.42. The number of nitrogens with one attached hydrogen (secondary N) is 7. The second-order valence-electron chi connectivity index (χ2n) is 36.0. The number of guanidine groups is 1. The monoisotopic (exact) mass is 1800 g/mol. The summed E-state index contributed by atoms with van der Waals surface area (Å²) < 4.78 is 0. The first-order valence-corrected chi connectivity index (χ1v) is 48.1. The average molecular weight is 1800 g/mol. The van der Waals surface area contributed by atoms with Crippen molar-refractivity contribution in [1.82, 2.24) is 61.7 Å².